The highest BCUT2D eigenvalue weighted by Crippen LogP contribution is 2.60. The molecule has 0 spiro atoms. The van der Waals surface area contributed by atoms with Gasteiger partial charge in [-0.15, -0.1) is 0 Å². The van der Waals surface area contributed by atoms with E-state index in [0.29, 0.717) is 12.2 Å². The number of hydrogen-bond donors (Lipinski definition) is 0. The molecule has 6 unspecified atom stereocenters. The minimum atomic E-state index is 0.229. The summed E-state index contributed by atoms with van der Waals surface area (Å²) in [7, 11) is 0. The quantitative estimate of drug-likeness (QED) is 0.637. The molecule has 0 aromatic rings. The number of fused-ring (bicyclic) bond motifs is 2. The van der Waals surface area contributed by atoms with E-state index in [0.717, 1.165) is 11.8 Å². The van der Waals surface area contributed by atoms with Crippen LogP contribution in [0.4, 0.5) is 0 Å². The monoisotopic (exact) mass is 222 g/mol. The largest absolute Gasteiger partial charge is 0.366 e. The predicted molar refractivity (Wildman–Crippen MR) is 61.2 cm³/mol. The van der Waals surface area contributed by atoms with E-state index >= 15 is 0 Å². The van der Waals surface area contributed by atoms with Crippen LogP contribution in [0.3, 0.4) is 0 Å². The Morgan fingerprint density at radius 2 is 1.88 bits per heavy atom. The molecule has 0 N–H and O–H groups in total. The molecule has 6 atom stereocenters. The SMILES string of the molecule is CC12CCCC(C3CCCC4OC43C)C1O2. The van der Waals surface area contributed by atoms with Crippen LogP contribution in [-0.2, 0) is 9.47 Å². The first-order valence-corrected chi connectivity index (χ1v) is 6.99. The fourth-order valence-electron chi connectivity index (χ4n) is 4.64. The molecule has 0 aromatic heterocycles. The van der Waals surface area contributed by atoms with Gasteiger partial charge in [0.2, 0.25) is 0 Å². The van der Waals surface area contributed by atoms with Gasteiger partial charge < -0.3 is 9.47 Å². The van der Waals surface area contributed by atoms with Crippen molar-refractivity contribution in [3.8, 4) is 0 Å². The second-order valence-corrected chi connectivity index (χ2v) is 6.73. The molecule has 16 heavy (non-hydrogen) atoms. The molecule has 90 valence electrons. The van der Waals surface area contributed by atoms with Crippen LogP contribution < -0.4 is 0 Å². The van der Waals surface area contributed by atoms with Crippen molar-refractivity contribution in [3.63, 3.8) is 0 Å². The van der Waals surface area contributed by atoms with Crippen molar-refractivity contribution in [1.82, 2.24) is 0 Å². The van der Waals surface area contributed by atoms with Crippen LogP contribution in [0.2, 0.25) is 0 Å². The smallest absolute Gasteiger partial charge is 0.0952 e. The highest BCUT2D eigenvalue weighted by atomic mass is 16.6. The van der Waals surface area contributed by atoms with Gasteiger partial charge in [0.15, 0.2) is 0 Å². The summed E-state index contributed by atoms with van der Waals surface area (Å²) in [6, 6.07) is 0. The van der Waals surface area contributed by atoms with E-state index in [2.05, 4.69) is 13.8 Å². The first-order chi connectivity index (χ1) is 7.63. The van der Waals surface area contributed by atoms with Gasteiger partial charge in [0.05, 0.1) is 23.4 Å². The summed E-state index contributed by atoms with van der Waals surface area (Å²) in [6.45, 7) is 4.65. The second kappa shape index (κ2) is 2.84. The highest BCUT2D eigenvalue weighted by Gasteiger charge is 2.67. The van der Waals surface area contributed by atoms with Crippen molar-refractivity contribution in [2.45, 2.75) is 75.8 Å². The van der Waals surface area contributed by atoms with Crippen LogP contribution in [0.1, 0.15) is 52.4 Å². The molecular weight excluding hydrogens is 200 g/mol. The lowest BCUT2D eigenvalue weighted by Crippen LogP contribution is -2.39. The molecule has 2 aliphatic heterocycles. The van der Waals surface area contributed by atoms with E-state index in [1.54, 1.807) is 0 Å². The zero-order chi connectivity index (χ0) is 11.0. The molecule has 2 nitrogen and oxygen atoms in total. The van der Waals surface area contributed by atoms with Crippen molar-refractivity contribution in [3.05, 3.63) is 0 Å². The van der Waals surface area contributed by atoms with E-state index in [4.69, 9.17) is 9.47 Å². The lowest BCUT2D eigenvalue weighted by atomic mass is 9.66. The Morgan fingerprint density at radius 1 is 1.00 bits per heavy atom. The predicted octanol–water partition coefficient (Wildman–Crippen LogP) is 2.90. The fourth-order valence-corrected chi connectivity index (χ4v) is 4.64. The molecule has 0 radical (unpaired) electrons. The lowest BCUT2D eigenvalue weighted by Gasteiger charge is -2.34. The summed E-state index contributed by atoms with van der Waals surface area (Å²) in [4.78, 5) is 0. The van der Waals surface area contributed by atoms with E-state index < -0.39 is 0 Å². The number of epoxide rings is 2. The maximum Gasteiger partial charge on any atom is 0.0952 e. The summed E-state index contributed by atoms with van der Waals surface area (Å²) < 4.78 is 12.0. The summed E-state index contributed by atoms with van der Waals surface area (Å²) in [5, 5.41) is 0. The highest BCUT2D eigenvalue weighted by molar-refractivity contribution is 5.14. The third-order valence-electron chi connectivity index (χ3n) is 5.75. The van der Waals surface area contributed by atoms with Crippen molar-refractivity contribution in [2.24, 2.45) is 11.8 Å². The Morgan fingerprint density at radius 3 is 2.75 bits per heavy atom. The number of rotatable bonds is 1. The van der Waals surface area contributed by atoms with E-state index in [1.807, 2.05) is 0 Å². The number of ether oxygens (including phenoxy) is 2. The van der Waals surface area contributed by atoms with Crippen LogP contribution in [0.15, 0.2) is 0 Å². The molecule has 2 aliphatic carbocycles. The van der Waals surface area contributed by atoms with E-state index in [9.17, 15) is 0 Å². The average molecular weight is 222 g/mol. The first kappa shape index (κ1) is 9.90. The van der Waals surface area contributed by atoms with Gasteiger partial charge in [0.1, 0.15) is 0 Å². The first-order valence-electron chi connectivity index (χ1n) is 6.99. The molecule has 0 amide bonds. The van der Waals surface area contributed by atoms with Gasteiger partial charge in [-0.05, 0) is 51.4 Å². The Kier molecular flexibility index (Phi) is 1.76. The van der Waals surface area contributed by atoms with Gasteiger partial charge in [-0.1, -0.05) is 12.8 Å². The van der Waals surface area contributed by atoms with E-state index in [1.165, 1.54) is 38.5 Å². The van der Waals surface area contributed by atoms with Gasteiger partial charge in [-0.3, -0.25) is 0 Å². The zero-order valence-corrected chi connectivity index (χ0v) is 10.4. The topological polar surface area (TPSA) is 25.1 Å². The van der Waals surface area contributed by atoms with Crippen LogP contribution in [-0.4, -0.2) is 23.4 Å². The van der Waals surface area contributed by atoms with Gasteiger partial charge >= 0.3 is 0 Å². The normalized spacial score (nSPS) is 63.4. The third-order valence-corrected chi connectivity index (χ3v) is 5.75. The Bertz CT molecular complexity index is 329. The molecule has 2 saturated carbocycles. The third kappa shape index (κ3) is 1.15. The summed E-state index contributed by atoms with van der Waals surface area (Å²) in [6.07, 6.45) is 9.18. The number of hydrogen-bond acceptors (Lipinski definition) is 2. The summed E-state index contributed by atoms with van der Waals surface area (Å²) >= 11 is 0. The Balaban J connectivity index is 1.57. The maximum atomic E-state index is 5.99. The van der Waals surface area contributed by atoms with Gasteiger partial charge in [0.25, 0.3) is 0 Å². The molecule has 2 saturated heterocycles. The Hall–Kier alpha value is -0.0800. The van der Waals surface area contributed by atoms with Crippen LogP contribution in [0.25, 0.3) is 0 Å². The fraction of sp³-hybridized carbons (Fsp3) is 1.00. The minimum absolute atomic E-state index is 0.229. The van der Waals surface area contributed by atoms with E-state index in [-0.39, 0.29) is 11.2 Å². The lowest BCUT2D eigenvalue weighted by molar-refractivity contribution is 0.126. The van der Waals surface area contributed by atoms with Crippen molar-refractivity contribution >= 4 is 0 Å². The standard InChI is InChI=1S/C14H22O2/c1-13-8-4-5-9(12(13)16-13)10-6-3-7-11-14(10,2)15-11/h9-12H,3-8H2,1-2H3. The van der Waals surface area contributed by atoms with Gasteiger partial charge in [0, 0.05) is 0 Å². The van der Waals surface area contributed by atoms with Crippen molar-refractivity contribution < 1.29 is 9.47 Å². The van der Waals surface area contributed by atoms with Crippen LogP contribution in [0.5, 0.6) is 0 Å². The Labute approximate surface area is 97.7 Å². The molecule has 4 fully saturated rings. The molecule has 0 aromatic carbocycles. The molecule has 2 heterocycles. The van der Waals surface area contributed by atoms with Gasteiger partial charge in [-0.25, -0.2) is 0 Å². The second-order valence-electron chi connectivity index (χ2n) is 6.73. The minimum Gasteiger partial charge on any atom is -0.366 e. The van der Waals surface area contributed by atoms with Crippen molar-refractivity contribution in [1.29, 1.82) is 0 Å². The molecular formula is C14H22O2. The summed E-state index contributed by atoms with van der Waals surface area (Å²) in [5.41, 5.74) is 0.480. The molecule has 0 bridgehead atoms. The maximum absolute atomic E-state index is 5.99. The van der Waals surface area contributed by atoms with Crippen LogP contribution in [0, 0.1) is 11.8 Å². The van der Waals surface area contributed by atoms with Gasteiger partial charge in [-0.2, -0.15) is 0 Å². The van der Waals surface area contributed by atoms with Crippen LogP contribution >= 0.6 is 0 Å². The molecule has 4 aliphatic rings. The zero-order valence-electron chi connectivity index (χ0n) is 10.4. The van der Waals surface area contributed by atoms with Crippen molar-refractivity contribution in [2.75, 3.05) is 0 Å². The molecule has 4 rings (SSSR count). The molecule has 2 heteroatoms. The summed E-state index contributed by atoms with van der Waals surface area (Å²) in [5.74, 6) is 1.56. The average Bonchev–Trinajstić information content (AvgIpc) is 3.09.